The minimum Gasteiger partial charge on any atom is -0.623 e. The number of rotatable bonds is 5. The summed E-state index contributed by atoms with van der Waals surface area (Å²) in [5, 5.41) is 12.4. The molecule has 122 valence electrons. The Hall–Kier alpha value is -2.82. The first-order valence-electron chi connectivity index (χ1n) is 7.69. The maximum absolute atomic E-state index is 12.5. The van der Waals surface area contributed by atoms with Gasteiger partial charge in [-0.2, -0.15) is 0 Å². The van der Waals surface area contributed by atoms with E-state index >= 15 is 0 Å². The summed E-state index contributed by atoms with van der Waals surface area (Å²) in [4.78, 5) is 0. The van der Waals surface area contributed by atoms with Gasteiger partial charge in [-0.15, -0.1) is 0 Å². The van der Waals surface area contributed by atoms with Crippen molar-refractivity contribution in [2.75, 3.05) is 7.11 Å². The third kappa shape index (κ3) is 3.74. The Morgan fingerprint density at radius 3 is 1.54 bits per heavy atom. The Morgan fingerprint density at radius 2 is 1.08 bits per heavy atom. The predicted octanol–water partition coefficient (Wildman–Crippen LogP) is 4.14. The van der Waals surface area contributed by atoms with Crippen molar-refractivity contribution < 1.29 is 14.5 Å². The second-order valence-corrected chi connectivity index (χ2v) is 5.50. The molecule has 0 saturated carbocycles. The molecule has 3 aromatic carbocycles. The highest BCUT2D eigenvalue weighted by atomic mass is 16.5. The number of nitrogens with one attached hydrogen (secondary N) is 1. The fraction of sp³-hybridized carbons (Fsp3) is 0.100. The lowest BCUT2D eigenvalue weighted by molar-refractivity contribution is -0.698. The lowest BCUT2D eigenvalue weighted by atomic mass is 10.2. The fourth-order valence-corrected chi connectivity index (χ4v) is 2.33. The smallest absolute Gasteiger partial charge is 0.136 e. The van der Waals surface area contributed by atoms with Crippen LogP contribution in [-0.2, 0) is 0 Å². The van der Waals surface area contributed by atoms with Gasteiger partial charge in [0.2, 0.25) is 0 Å². The number of aryl methyl sites for hydroxylation is 1. The molecule has 0 bridgehead atoms. The first-order valence-corrected chi connectivity index (χ1v) is 7.69. The van der Waals surface area contributed by atoms with E-state index in [0.717, 1.165) is 11.5 Å². The monoisotopic (exact) mass is 321 g/mol. The summed E-state index contributed by atoms with van der Waals surface area (Å²) in [6, 6.07) is 22.1. The molecule has 24 heavy (non-hydrogen) atoms. The van der Waals surface area contributed by atoms with Crippen molar-refractivity contribution in [1.82, 2.24) is 0 Å². The quantitative estimate of drug-likeness (QED) is 0.718. The van der Waals surface area contributed by atoms with Gasteiger partial charge in [-0.05, 0) is 43.3 Å². The number of hydrogen-bond acceptors (Lipinski definition) is 3. The minimum absolute atomic E-state index is 0.0282. The Morgan fingerprint density at radius 1 is 0.667 bits per heavy atom. The van der Waals surface area contributed by atoms with E-state index in [1.54, 1.807) is 55.6 Å². The second-order valence-electron chi connectivity index (χ2n) is 5.50. The zero-order chi connectivity index (χ0) is 16.9. The SMILES string of the molecule is COc1ccc([NH+]([O-])c2ccc(Oc3ccc(C)cc3)cc2)cc1. The molecule has 3 rings (SSSR count). The summed E-state index contributed by atoms with van der Waals surface area (Å²) in [6.45, 7) is 2.03. The van der Waals surface area contributed by atoms with Crippen molar-refractivity contribution in [3.63, 3.8) is 0 Å². The summed E-state index contributed by atoms with van der Waals surface area (Å²) < 4.78 is 10.9. The maximum atomic E-state index is 12.5. The van der Waals surface area contributed by atoms with Crippen LogP contribution < -0.4 is 14.5 Å². The molecule has 0 aromatic heterocycles. The molecule has 0 aliphatic carbocycles. The van der Waals surface area contributed by atoms with Gasteiger partial charge in [-0.3, -0.25) is 0 Å². The van der Waals surface area contributed by atoms with Gasteiger partial charge in [-0.1, -0.05) is 17.7 Å². The van der Waals surface area contributed by atoms with Crippen LogP contribution in [0, 0.1) is 12.1 Å². The third-order valence-corrected chi connectivity index (χ3v) is 3.73. The zero-order valence-corrected chi connectivity index (χ0v) is 13.7. The van der Waals surface area contributed by atoms with Gasteiger partial charge in [-0.25, -0.2) is 0 Å². The summed E-state index contributed by atoms with van der Waals surface area (Å²) in [6.07, 6.45) is 0. The number of methoxy groups -OCH3 is 1. The lowest BCUT2D eigenvalue weighted by Crippen LogP contribution is -2.96. The van der Waals surface area contributed by atoms with Gasteiger partial charge in [0, 0.05) is 24.3 Å². The molecule has 0 amide bonds. The van der Waals surface area contributed by atoms with Crippen LogP contribution in [0.3, 0.4) is 0 Å². The molecule has 0 aliphatic rings. The van der Waals surface area contributed by atoms with E-state index in [9.17, 15) is 5.21 Å². The summed E-state index contributed by atoms with van der Waals surface area (Å²) in [5.41, 5.74) is 2.43. The van der Waals surface area contributed by atoms with E-state index in [1.165, 1.54) is 5.56 Å². The molecule has 0 radical (unpaired) electrons. The minimum atomic E-state index is -0.0282. The van der Waals surface area contributed by atoms with Crippen LogP contribution >= 0.6 is 0 Å². The Labute approximate surface area is 141 Å². The van der Waals surface area contributed by atoms with Crippen LogP contribution in [0.2, 0.25) is 0 Å². The van der Waals surface area contributed by atoms with Crippen molar-refractivity contribution in [3.8, 4) is 17.2 Å². The van der Waals surface area contributed by atoms with Crippen LogP contribution in [0.1, 0.15) is 5.56 Å². The summed E-state index contributed by atoms with van der Waals surface area (Å²) >= 11 is 0. The van der Waals surface area contributed by atoms with Crippen molar-refractivity contribution >= 4 is 11.4 Å². The Kier molecular flexibility index (Phi) is 4.79. The van der Waals surface area contributed by atoms with Gasteiger partial charge >= 0.3 is 0 Å². The molecule has 1 unspecified atom stereocenters. The molecule has 1 atom stereocenters. The molecule has 3 aromatic rings. The highest BCUT2D eigenvalue weighted by Crippen LogP contribution is 2.23. The average Bonchev–Trinajstić information content (AvgIpc) is 2.64. The predicted molar refractivity (Wildman–Crippen MR) is 94.3 cm³/mol. The fourth-order valence-electron chi connectivity index (χ4n) is 2.33. The van der Waals surface area contributed by atoms with Crippen molar-refractivity contribution in [2.45, 2.75) is 6.92 Å². The van der Waals surface area contributed by atoms with Gasteiger partial charge < -0.3 is 19.7 Å². The van der Waals surface area contributed by atoms with E-state index in [0.29, 0.717) is 17.1 Å². The number of benzene rings is 3. The topological polar surface area (TPSA) is 46.0 Å². The van der Waals surface area contributed by atoms with E-state index < -0.39 is 0 Å². The van der Waals surface area contributed by atoms with Crippen molar-refractivity contribution in [2.24, 2.45) is 0 Å². The molecular weight excluding hydrogens is 302 g/mol. The molecule has 1 N–H and O–H groups in total. The molecular formula is C20H19NO3. The lowest BCUT2D eigenvalue weighted by Gasteiger charge is -2.21. The molecule has 0 heterocycles. The molecule has 0 saturated heterocycles. The first kappa shape index (κ1) is 16.1. The van der Waals surface area contributed by atoms with Gasteiger partial charge in [0.15, 0.2) is 0 Å². The van der Waals surface area contributed by atoms with E-state index in [4.69, 9.17) is 9.47 Å². The van der Waals surface area contributed by atoms with Crippen molar-refractivity contribution in [1.29, 1.82) is 0 Å². The van der Waals surface area contributed by atoms with E-state index in [1.807, 2.05) is 31.2 Å². The van der Waals surface area contributed by atoms with Crippen LogP contribution in [-0.4, -0.2) is 7.11 Å². The van der Waals surface area contributed by atoms with Crippen molar-refractivity contribution in [3.05, 3.63) is 83.6 Å². The Balaban J connectivity index is 1.72. The summed E-state index contributed by atoms with van der Waals surface area (Å²) in [7, 11) is 1.60. The standard InChI is InChI=1S/C20H19NO3/c1-15-3-9-19(10-4-15)24-20-13-7-17(8-14-20)21(22)16-5-11-18(23-2)12-6-16/h3-14,21H,1-2H3. The highest BCUT2D eigenvalue weighted by molar-refractivity contribution is 5.43. The molecule has 0 aliphatic heterocycles. The third-order valence-electron chi connectivity index (χ3n) is 3.73. The molecule has 4 heteroatoms. The normalized spacial score (nSPS) is 11.8. The molecule has 4 nitrogen and oxygen atoms in total. The second kappa shape index (κ2) is 7.17. The summed E-state index contributed by atoms with van der Waals surface area (Å²) in [5.74, 6) is 2.20. The van der Waals surface area contributed by atoms with Crippen LogP contribution in [0.4, 0.5) is 11.4 Å². The largest absolute Gasteiger partial charge is 0.623 e. The van der Waals surface area contributed by atoms with Crippen LogP contribution in [0.15, 0.2) is 72.8 Å². The molecule has 0 spiro atoms. The number of hydrogen-bond donors (Lipinski definition) is 1. The van der Waals surface area contributed by atoms with Crippen LogP contribution in [0.25, 0.3) is 0 Å². The zero-order valence-electron chi connectivity index (χ0n) is 13.7. The van der Waals surface area contributed by atoms with Gasteiger partial charge in [0.1, 0.15) is 28.6 Å². The van der Waals surface area contributed by atoms with E-state index in [2.05, 4.69) is 0 Å². The molecule has 0 fully saturated rings. The number of ether oxygens (including phenoxy) is 2. The van der Waals surface area contributed by atoms with E-state index in [-0.39, 0.29) is 5.06 Å². The highest BCUT2D eigenvalue weighted by Gasteiger charge is 2.07. The van der Waals surface area contributed by atoms with Gasteiger partial charge in [0.25, 0.3) is 0 Å². The number of quaternary nitrogens is 1. The Bertz CT molecular complexity index is 781. The maximum Gasteiger partial charge on any atom is 0.136 e. The first-order chi connectivity index (χ1) is 11.7. The average molecular weight is 321 g/mol. The van der Waals surface area contributed by atoms with Gasteiger partial charge in [0.05, 0.1) is 7.11 Å². The van der Waals surface area contributed by atoms with Crippen LogP contribution in [0.5, 0.6) is 17.2 Å².